The Hall–Kier alpha value is -2.71. The Bertz CT molecular complexity index is 839. The Balaban J connectivity index is 1.38. The molecule has 30 heavy (non-hydrogen) atoms. The molecule has 4 aliphatic carbocycles. The van der Waals surface area contributed by atoms with Crippen LogP contribution in [0.5, 0.6) is 0 Å². The first kappa shape index (κ1) is 20.6. The number of nitrogens with one attached hydrogen (secondary N) is 2. The molecule has 1 atom stereocenters. The zero-order valence-electron chi connectivity index (χ0n) is 17.3. The maximum atomic E-state index is 13.3. The third kappa shape index (κ3) is 3.97. The van der Waals surface area contributed by atoms with E-state index in [1.165, 1.54) is 37.6 Å². The minimum atomic E-state index is -0.700. The van der Waals surface area contributed by atoms with E-state index < -0.39 is 22.8 Å². The second-order valence-corrected chi connectivity index (χ2v) is 9.56. The summed E-state index contributed by atoms with van der Waals surface area (Å²) in [5.74, 6) is 1.18. The van der Waals surface area contributed by atoms with Crippen LogP contribution < -0.4 is 10.7 Å². The van der Waals surface area contributed by atoms with Gasteiger partial charge in [0, 0.05) is 5.41 Å². The van der Waals surface area contributed by atoms with E-state index in [1.54, 1.807) is 0 Å². The van der Waals surface area contributed by atoms with Crippen molar-refractivity contribution in [3.8, 4) is 0 Å². The number of hydrogen-bond donors (Lipinski definition) is 2. The van der Waals surface area contributed by atoms with E-state index in [4.69, 9.17) is 4.42 Å². The van der Waals surface area contributed by atoms with E-state index in [0.29, 0.717) is 17.8 Å². The van der Waals surface area contributed by atoms with Gasteiger partial charge in [0.1, 0.15) is 11.0 Å². The molecule has 1 aromatic rings. The Morgan fingerprint density at radius 1 is 1.20 bits per heavy atom. The molecule has 4 bridgehead atoms. The molecule has 0 aromatic carbocycles. The van der Waals surface area contributed by atoms with Gasteiger partial charge in [-0.05, 0) is 68.3 Å². The molecule has 0 radical (unpaired) electrons. The quantitative estimate of drug-likeness (QED) is 0.401. The van der Waals surface area contributed by atoms with Crippen molar-refractivity contribution in [2.75, 3.05) is 0 Å². The van der Waals surface area contributed by atoms with Gasteiger partial charge in [-0.1, -0.05) is 13.8 Å². The van der Waals surface area contributed by atoms with Crippen molar-refractivity contribution >= 4 is 23.9 Å². The molecule has 5 rings (SSSR count). The number of carbonyl (C=O) groups excluding carboxylic acids is 2. The van der Waals surface area contributed by atoms with Gasteiger partial charge in [-0.15, -0.1) is 0 Å². The summed E-state index contributed by atoms with van der Waals surface area (Å²) in [6.45, 7) is 3.76. The molecule has 4 aliphatic rings. The summed E-state index contributed by atoms with van der Waals surface area (Å²) in [4.78, 5) is 35.9. The van der Waals surface area contributed by atoms with Gasteiger partial charge in [-0.25, -0.2) is 5.43 Å². The average molecular weight is 416 g/mol. The average Bonchev–Trinajstić information content (AvgIpc) is 3.13. The van der Waals surface area contributed by atoms with Crippen molar-refractivity contribution in [1.82, 2.24) is 10.7 Å². The molecule has 0 spiro atoms. The lowest BCUT2D eigenvalue weighted by molar-refractivity contribution is -0.402. The Morgan fingerprint density at radius 2 is 1.80 bits per heavy atom. The first-order valence-corrected chi connectivity index (χ1v) is 10.6. The highest BCUT2D eigenvalue weighted by molar-refractivity contribution is 5.91. The second kappa shape index (κ2) is 7.85. The summed E-state index contributed by atoms with van der Waals surface area (Å²) in [6, 6.07) is 1.91. The number of carbonyl (C=O) groups is 2. The summed E-state index contributed by atoms with van der Waals surface area (Å²) in [5, 5.41) is 17.5. The van der Waals surface area contributed by atoms with Crippen LogP contribution in [0.2, 0.25) is 0 Å². The molecule has 1 heterocycles. The van der Waals surface area contributed by atoms with Crippen molar-refractivity contribution in [3.05, 3.63) is 28.0 Å². The highest BCUT2D eigenvalue weighted by Crippen LogP contribution is 2.60. The Labute approximate surface area is 174 Å². The van der Waals surface area contributed by atoms with Crippen molar-refractivity contribution in [2.24, 2.45) is 34.2 Å². The van der Waals surface area contributed by atoms with Crippen LogP contribution >= 0.6 is 0 Å². The van der Waals surface area contributed by atoms with Gasteiger partial charge in [-0.2, -0.15) is 5.10 Å². The van der Waals surface area contributed by atoms with Crippen LogP contribution in [0.15, 0.2) is 21.7 Å². The van der Waals surface area contributed by atoms with Crippen LogP contribution in [0.1, 0.15) is 58.1 Å². The van der Waals surface area contributed by atoms with Gasteiger partial charge in [0.05, 0.1) is 12.3 Å². The fourth-order valence-electron chi connectivity index (χ4n) is 5.96. The number of rotatable bonds is 7. The molecule has 2 amide bonds. The third-order valence-electron chi connectivity index (χ3n) is 6.91. The van der Waals surface area contributed by atoms with Crippen molar-refractivity contribution in [3.63, 3.8) is 0 Å². The molecule has 0 aliphatic heterocycles. The highest BCUT2D eigenvalue weighted by Gasteiger charge is 2.55. The van der Waals surface area contributed by atoms with Crippen LogP contribution in [0.25, 0.3) is 0 Å². The predicted octanol–water partition coefficient (Wildman–Crippen LogP) is 3.00. The first-order chi connectivity index (χ1) is 14.3. The third-order valence-corrected chi connectivity index (χ3v) is 6.91. The molecule has 1 aromatic heterocycles. The lowest BCUT2D eigenvalue weighted by Gasteiger charge is -2.55. The summed E-state index contributed by atoms with van der Waals surface area (Å²) >= 11 is 0. The monoisotopic (exact) mass is 416 g/mol. The van der Waals surface area contributed by atoms with E-state index >= 15 is 0 Å². The van der Waals surface area contributed by atoms with Crippen LogP contribution in [0, 0.1) is 39.2 Å². The van der Waals surface area contributed by atoms with E-state index in [-0.39, 0.29) is 23.0 Å². The number of amides is 2. The highest BCUT2D eigenvalue weighted by atomic mass is 16.6. The van der Waals surface area contributed by atoms with Crippen LogP contribution in [-0.4, -0.2) is 29.0 Å². The van der Waals surface area contributed by atoms with Gasteiger partial charge in [0.2, 0.25) is 5.91 Å². The molecular weight excluding hydrogens is 388 g/mol. The molecular formula is C21H28N4O5. The van der Waals surface area contributed by atoms with E-state index in [0.717, 1.165) is 19.3 Å². The van der Waals surface area contributed by atoms with Gasteiger partial charge < -0.3 is 9.73 Å². The number of nitrogens with zero attached hydrogens (tertiary/aromatic N) is 2. The largest absolute Gasteiger partial charge is 0.433 e. The lowest BCUT2D eigenvalue weighted by Crippen LogP contribution is -2.58. The van der Waals surface area contributed by atoms with Crippen molar-refractivity contribution in [2.45, 2.75) is 58.4 Å². The molecule has 4 saturated carbocycles. The van der Waals surface area contributed by atoms with Crippen molar-refractivity contribution < 1.29 is 18.9 Å². The zero-order valence-corrected chi connectivity index (χ0v) is 17.3. The summed E-state index contributed by atoms with van der Waals surface area (Å²) < 4.78 is 4.97. The van der Waals surface area contributed by atoms with E-state index in [1.807, 2.05) is 13.8 Å². The normalized spacial score (nSPS) is 30.6. The van der Waals surface area contributed by atoms with Crippen LogP contribution in [0.3, 0.4) is 0 Å². The molecule has 9 nitrogen and oxygen atoms in total. The fraction of sp³-hybridized carbons (Fsp3) is 0.667. The smallest absolute Gasteiger partial charge is 0.400 e. The van der Waals surface area contributed by atoms with Gasteiger partial charge in [-0.3, -0.25) is 19.7 Å². The van der Waals surface area contributed by atoms with Crippen LogP contribution in [0.4, 0.5) is 5.88 Å². The molecule has 0 unspecified atom stereocenters. The number of hydrazone groups is 1. The molecule has 0 saturated heterocycles. The first-order valence-electron chi connectivity index (χ1n) is 10.6. The van der Waals surface area contributed by atoms with Gasteiger partial charge >= 0.3 is 5.88 Å². The minimum Gasteiger partial charge on any atom is -0.400 e. The molecule has 2 N–H and O–H groups in total. The second-order valence-electron chi connectivity index (χ2n) is 9.56. The van der Waals surface area contributed by atoms with Gasteiger partial charge in [0.15, 0.2) is 5.76 Å². The molecule has 162 valence electrons. The number of hydrogen-bond acceptors (Lipinski definition) is 6. The number of furan rings is 1. The Morgan fingerprint density at radius 3 is 2.30 bits per heavy atom. The predicted molar refractivity (Wildman–Crippen MR) is 108 cm³/mol. The molecule has 9 heteroatoms. The summed E-state index contributed by atoms with van der Waals surface area (Å²) in [7, 11) is 0. The van der Waals surface area contributed by atoms with E-state index in [2.05, 4.69) is 15.8 Å². The Kier molecular flexibility index (Phi) is 5.38. The standard InChI is InChI=1S/C21H28N4O5/c1-12(2)18(19(26)24-22-11-16-3-4-17(30-16)25(28)29)23-20(27)21-8-13-5-14(9-21)7-15(6-13)10-21/h3-4,11-15,18H,5-10H2,1-2H3,(H,23,27)(H,24,26)/b22-11-/t13?,14?,15?,18-,21?/m0/s1. The maximum Gasteiger partial charge on any atom is 0.433 e. The van der Waals surface area contributed by atoms with Gasteiger partial charge in [0.25, 0.3) is 5.91 Å². The summed E-state index contributed by atoms with van der Waals surface area (Å²) in [5.41, 5.74) is 2.10. The molecule has 4 fully saturated rings. The lowest BCUT2D eigenvalue weighted by atomic mass is 9.49. The van der Waals surface area contributed by atoms with E-state index in [9.17, 15) is 19.7 Å². The van der Waals surface area contributed by atoms with Crippen LogP contribution in [-0.2, 0) is 9.59 Å². The maximum absolute atomic E-state index is 13.3. The van der Waals surface area contributed by atoms with Crippen molar-refractivity contribution in [1.29, 1.82) is 0 Å². The fourth-order valence-corrected chi connectivity index (χ4v) is 5.96. The zero-order chi connectivity index (χ0) is 21.5. The SMILES string of the molecule is CC(C)[C@H](NC(=O)C12CC3CC(CC(C3)C1)C2)C(=O)N/N=C\c1ccc([N+](=O)[O-])o1. The summed E-state index contributed by atoms with van der Waals surface area (Å²) in [6.07, 6.45) is 7.76. The number of nitro groups is 1. The minimum absolute atomic E-state index is 0.00101. The topological polar surface area (TPSA) is 127 Å².